The number of benzene rings is 2. The molecule has 3 rings (SSSR count). The van der Waals surface area contributed by atoms with Gasteiger partial charge in [0.1, 0.15) is 5.75 Å². The lowest BCUT2D eigenvalue weighted by Gasteiger charge is -2.38. The molecule has 5 nitrogen and oxygen atoms in total. The fourth-order valence-corrected chi connectivity index (χ4v) is 4.75. The van der Waals surface area contributed by atoms with E-state index in [2.05, 4.69) is 47.7 Å². The van der Waals surface area contributed by atoms with Crippen LogP contribution in [-0.2, 0) is 16.6 Å². The number of hydrogen-bond donors (Lipinski definition) is 1. The zero-order chi connectivity index (χ0) is 21.6. The summed E-state index contributed by atoms with van der Waals surface area (Å²) < 4.78 is 33.5. The van der Waals surface area contributed by atoms with Crippen LogP contribution in [0.2, 0.25) is 0 Å². The second kappa shape index (κ2) is 10.4. The smallest absolute Gasteiger partial charge is 0.211 e. The second-order valence-electron chi connectivity index (χ2n) is 8.43. The van der Waals surface area contributed by atoms with Gasteiger partial charge in [-0.15, -0.1) is 0 Å². The average Bonchev–Trinajstić information content (AvgIpc) is 2.74. The van der Waals surface area contributed by atoms with Crippen LogP contribution in [0.25, 0.3) is 0 Å². The molecule has 1 N–H and O–H groups in total. The van der Waals surface area contributed by atoms with Gasteiger partial charge >= 0.3 is 0 Å². The first kappa shape index (κ1) is 22.8. The molecule has 30 heavy (non-hydrogen) atoms. The van der Waals surface area contributed by atoms with E-state index in [1.165, 1.54) is 11.1 Å². The summed E-state index contributed by atoms with van der Waals surface area (Å²) in [5.41, 5.74) is 2.53. The van der Waals surface area contributed by atoms with E-state index < -0.39 is 10.0 Å². The van der Waals surface area contributed by atoms with Crippen molar-refractivity contribution in [3.05, 3.63) is 65.7 Å². The van der Waals surface area contributed by atoms with Crippen LogP contribution in [0.1, 0.15) is 44.2 Å². The van der Waals surface area contributed by atoms with Gasteiger partial charge in [-0.3, -0.25) is 4.90 Å². The minimum Gasteiger partial charge on any atom is -0.493 e. The molecule has 1 saturated heterocycles. The molecule has 0 aromatic heterocycles. The molecule has 2 aromatic carbocycles. The van der Waals surface area contributed by atoms with Crippen molar-refractivity contribution in [3.63, 3.8) is 0 Å². The summed E-state index contributed by atoms with van der Waals surface area (Å²) in [6, 6.07) is 18.4. The van der Waals surface area contributed by atoms with E-state index in [0.29, 0.717) is 19.1 Å². The Morgan fingerprint density at radius 1 is 1.10 bits per heavy atom. The van der Waals surface area contributed by atoms with Crippen LogP contribution in [0, 0.1) is 5.92 Å². The number of nitrogens with one attached hydrogen (secondary N) is 1. The van der Waals surface area contributed by atoms with E-state index in [4.69, 9.17) is 4.74 Å². The van der Waals surface area contributed by atoms with Crippen molar-refractivity contribution < 1.29 is 13.2 Å². The summed E-state index contributed by atoms with van der Waals surface area (Å²) in [5, 5.41) is 0. The second-order valence-corrected chi connectivity index (χ2v) is 10.5. The largest absolute Gasteiger partial charge is 0.493 e. The molecule has 2 atom stereocenters. The van der Waals surface area contributed by atoms with Gasteiger partial charge in [0.05, 0.1) is 12.4 Å². The van der Waals surface area contributed by atoms with Crippen molar-refractivity contribution in [2.75, 3.05) is 25.4 Å². The molecule has 0 unspecified atom stereocenters. The van der Waals surface area contributed by atoms with Crippen molar-refractivity contribution in [2.24, 2.45) is 5.92 Å². The van der Waals surface area contributed by atoms with Crippen LogP contribution in [0.3, 0.4) is 0 Å². The standard InChI is InChI=1S/C24H34N2O3S/c1-4-30(27,28)25-24-17-26(16-20-8-6-5-7-9-20)15-14-22(24)18-29-23-12-10-21(11-13-23)19(2)3/h5-13,19,22,24-25H,4,14-18H2,1-3H3/t22-,24-/m1/s1. The molecule has 0 spiro atoms. The third-order valence-electron chi connectivity index (χ3n) is 5.81. The van der Waals surface area contributed by atoms with Crippen LogP contribution < -0.4 is 9.46 Å². The maximum Gasteiger partial charge on any atom is 0.211 e. The number of likely N-dealkylation sites (tertiary alicyclic amines) is 1. The van der Waals surface area contributed by atoms with Gasteiger partial charge in [0.2, 0.25) is 10.0 Å². The van der Waals surface area contributed by atoms with Crippen LogP contribution in [0.5, 0.6) is 5.75 Å². The summed E-state index contributed by atoms with van der Waals surface area (Å²) in [6.45, 7) is 8.97. The van der Waals surface area contributed by atoms with Crippen molar-refractivity contribution in [1.82, 2.24) is 9.62 Å². The number of nitrogens with zero attached hydrogens (tertiary/aromatic N) is 1. The van der Waals surface area contributed by atoms with Crippen LogP contribution in [0.15, 0.2) is 54.6 Å². The Labute approximate surface area is 181 Å². The molecule has 6 heteroatoms. The van der Waals surface area contributed by atoms with Crippen molar-refractivity contribution >= 4 is 10.0 Å². The summed E-state index contributed by atoms with van der Waals surface area (Å²) in [7, 11) is -3.28. The molecule has 0 bridgehead atoms. The summed E-state index contributed by atoms with van der Waals surface area (Å²) in [5.74, 6) is 1.55. The maximum absolute atomic E-state index is 12.3. The SMILES string of the molecule is CCS(=O)(=O)N[C@@H]1CN(Cc2ccccc2)CC[C@@H]1COc1ccc(C(C)C)cc1. The fourth-order valence-electron chi connectivity index (χ4n) is 3.85. The highest BCUT2D eigenvalue weighted by Gasteiger charge is 2.32. The number of piperidine rings is 1. The van der Waals surface area contributed by atoms with E-state index in [-0.39, 0.29) is 17.7 Å². The van der Waals surface area contributed by atoms with E-state index in [9.17, 15) is 8.42 Å². The minimum atomic E-state index is -3.28. The topological polar surface area (TPSA) is 58.6 Å². The van der Waals surface area contributed by atoms with Crippen molar-refractivity contribution in [1.29, 1.82) is 0 Å². The van der Waals surface area contributed by atoms with Crippen LogP contribution in [-0.4, -0.2) is 44.8 Å². The van der Waals surface area contributed by atoms with Gasteiger partial charge in [-0.25, -0.2) is 13.1 Å². The highest BCUT2D eigenvalue weighted by Crippen LogP contribution is 2.23. The van der Waals surface area contributed by atoms with Gasteiger partial charge in [-0.1, -0.05) is 56.3 Å². The third kappa shape index (κ3) is 6.56. The monoisotopic (exact) mass is 430 g/mol. The fraction of sp³-hybridized carbons (Fsp3) is 0.500. The van der Waals surface area contributed by atoms with Crippen molar-refractivity contribution in [2.45, 2.75) is 45.7 Å². The molecular weight excluding hydrogens is 396 g/mol. The Morgan fingerprint density at radius 2 is 1.80 bits per heavy atom. The van der Waals surface area contributed by atoms with Gasteiger partial charge in [-0.2, -0.15) is 0 Å². The zero-order valence-corrected chi connectivity index (χ0v) is 19.1. The molecule has 1 aliphatic rings. The molecule has 1 aliphatic heterocycles. The molecule has 1 heterocycles. The molecule has 0 saturated carbocycles. The predicted octanol–water partition coefficient (Wildman–Crippen LogP) is 4.02. The van der Waals surface area contributed by atoms with Gasteiger partial charge in [-0.05, 0) is 49.1 Å². The molecule has 2 aromatic rings. The van der Waals surface area contributed by atoms with E-state index >= 15 is 0 Å². The predicted molar refractivity (Wildman–Crippen MR) is 122 cm³/mol. The van der Waals surface area contributed by atoms with Crippen LogP contribution >= 0.6 is 0 Å². The number of rotatable bonds is 9. The summed E-state index contributed by atoms with van der Waals surface area (Å²) >= 11 is 0. The van der Waals surface area contributed by atoms with Gasteiger partial charge in [0, 0.05) is 25.0 Å². The lowest BCUT2D eigenvalue weighted by molar-refractivity contribution is 0.109. The molecule has 0 amide bonds. The first-order valence-corrected chi connectivity index (χ1v) is 12.5. The van der Waals surface area contributed by atoms with Crippen molar-refractivity contribution in [3.8, 4) is 5.75 Å². The van der Waals surface area contributed by atoms with E-state index in [1.807, 2.05) is 30.3 Å². The highest BCUT2D eigenvalue weighted by atomic mass is 32.2. The summed E-state index contributed by atoms with van der Waals surface area (Å²) in [6.07, 6.45) is 0.897. The van der Waals surface area contributed by atoms with E-state index in [0.717, 1.165) is 25.3 Å². The Bertz CT molecular complexity index is 882. The van der Waals surface area contributed by atoms with Gasteiger partial charge in [0.15, 0.2) is 0 Å². The lowest BCUT2D eigenvalue weighted by Crippen LogP contribution is -2.53. The highest BCUT2D eigenvalue weighted by molar-refractivity contribution is 7.89. The Hall–Kier alpha value is -1.89. The number of ether oxygens (including phenoxy) is 1. The Morgan fingerprint density at radius 3 is 2.43 bits per heavy atom. The summed E-state index contributed by atoms with van der Waals surface area (Å²) in [4.78, 5) is 2.33. The lowest BCUT2D eigenvalue weighted by atomic mass is 9.92. The van der Waals surface area contributed by atoms with E-state index in [1.54, 1.807) is 6.92 Å². The first-order chi connectivity index (χ1) is 14.4. The van der Waals surface area contributed by atoms with Gasteiger partial charge < -0.3 is 4.74 Å². The number of hydrogen-bond acceptors (Lipinski definition) is 4. The van der Waals surface area contributed by atoms with Crippen LogP contribution in [0.4, 0.5) is 0 Å². The number of sulfonamides is 1. The third-order valence-corrected chi connectivity index (χ3v) is 7.23. The molecule has 0 radical (unpaired) electrons. The quantitative estimate of drug-likeness (QED) is 0.653. The Balaban J connectivity index is 1.64. The molecule has 1 fully saturated rings. The molecule has 0 aliphatic carbocycles. The maximum atomic E-state index is 12.3. The molecular formula is C24H34N2O3S. The normalized spacial score (nSPS) is 20.4. The zero-order valence-electron chi connectivity index (χ0n) is 18.3. The first-order valence-electron chi connectivity index (χ1n) is 10.9. The average molecular weight is 431 g/mol. The van der Waals surface area contributed by atoms with Gasteiger partial charge in [0.25, 0.3) is 0 Å². The molecule has 164 valence electrons. The Kier molecular flexibility index (Phi) is 7.92. The minimum absolute atomic E-state index is 0.0897.